The first-order valence-electron chi connectivity index (χ1n) is 10.9. The minimum absolute atomic E-state index is 0. The number of imidazole rings is 1. The second-order valence-electron chi connectivity index (χ2n) is 8.17. The Kier molecular flexibility index (Phi) is 6.88. The van der Waals surface area contributed by atoms with Crippen molar-refractivity contribution in [2.75, 3.05) is 21.0 Å². The van der Waals surface area contributed by atoms with E-state index in [9.17, 15) is 9.59 Å². The highest BCUT2D eigenvalue weighted by atomic mass is 35.5. The molecule has 0 saturated carbocycles. The molecular weight excluding hydrogens is 509 g/mol. The van der Waals surface area contributed by atoms with Crippen LogP contribution in [0.2, 0.25) is 0 Å². The molecule has 0 N–H and O–H groups in total. The highest BCUT2D eigenvalue weighted by Crippen LogP contribution is 2.46. The van der Waals surface area contributed by atoms with Crippen LogP contribution in [0.4, 0.5) is 0 Å². The molecule has 0 radical (unpaired) electrons. The maximum atomic E-state index is 13.8. The molecule has 188 valence electrons. The molecule has 2 aromatic heterocycles. The zero-order valence-electron chi connectivity index (χ0n) is 19.5. The average Bonchev–Trinajstić information content (AvgIpc) is 3.59. The Morgan fingerprint density at radius 3 is 2.22 bits per heavy atom. The van der Waals surface area contributed by atoms with E-state index in [-0.39, 0.29) is 42.9 Å². The number of hydrogen-bond donors (Lipinski definition) is 0. The molecule has 0 atom stereocenters. The van der Waals surface area contributed by atoms with Crippen molar-refractivity contribution >= 4 is 41.4 Å². The van der Waals surface area contributed by atoms with Gasteiger partial charge in [0, 0.05) is 42.0 Å². The Labute approximate surface area is 218 Å². The van der Waals surface area contributed by atoms with Gasteiger partial charge in [-0.05, 0) is 30.7 Å². The highest BCUT2D eigenvalue weighted by Gasteiger charge is 2.35. The number of benzene rings is 2. The molecule has 6 rings (SSSR count). The molecule has 11 heteroatoms. The number of methoxy groups -OCH3 is 2. The predicted molar refractivity (Wildman–Crippen MR) is 138 cm³/mol. The van der Waals surface area contributed by atoms with Gasteiger partial charge in [-0.2, -0.15) is 0 Å². The van der Waals surface area contributed by atoms with Gasteiger partial charge in [0.25, 0.3) is 5.56 Å². The molecule has 3 heterocycles. The molecule has 4 aromatic rings. The molecule has 0 bridgehead atoms. The van der Waals surface area contributed by atoms with E-state index in [1.165, 1.54) is 14.2 Å². The fourth-order valence-corrected chi connectivity index (χ4v) is 4.79. The first kappa shape index (κ1) is 25.4. The summed E-state index contributed by atoms with van der Waals surface area (Å²) in [6.07, 6.45) is 6.01. The first-order chi connectivity index (χ1) is 16.6. The number of hydrogen-bond acceptors (Lipinski definition) is 7. The summed E-state index contributed by atoms with van der Waals surface area (Å²) in [5.74, 6) is 1.80. The quantitative estimate of drug-likeness (QED) is 0.325. The van der Waals surface area contributed by atoms with Crippen molar-refractivity contribution in [1.29, 1.82) is 0 Å². The Hall–Kier alpha value is -3.69. The van der Waals surface area contributed by atoms with E-state index in [0.717, 1.165) is 0 Å². The third-order valence-corrected chi connectivity index (χ3v) is 6.37. The van der Waals surface area contributed by atoms with E-state index >= 15 is 0 Å². The van der Waals surface area contributed by atoms with E-state index in [1.54, 1.807) is 41.4 Å². The van der Waals surface area contributed by atoms with Crippen LogP contribution in [-0.4, -0.2) is 40.9 Å². The number of fused-ring (bicyclic) bond motifs is 6. The molecule has 0 spiro atoms. The lowest BCUT2D eigenvalue weighted by molar-refractivity contribution is 0.104. The predicted octanol–water partition coefficient (Wildman–Crippen LogP) is 4.09. The Morgan fingerprint density at radius 1 is 0.917 bits per heavy atom. The van der Waals surface area contributed by atoms with Gasteiger partial charge >= 0.3 is 0 Å². The van der Waals surface area contributed by atoms with Crippen LogP contribution in [0.5, 0.6) is 23.0 Å². The van der Waals surface area contributed by atoms with Crippen molar-refractivity contribution in [3.05, 3.63) is 64.5 Å². The number of ether oxygens (including phenoxy) is 4. The number of rotatable bonds is 6. The molecular formula is C25H23Cl2N3O6. The third-order valence-electron chi connectivity index (χ3n) is 6.37. The second-order valence-corrected chi connectivity index (χ2v) is 8.17. The third kappa shape index (κ3) is 3.75. The van der Waals surface area contributed by atoms with Gasteiger partial charge in [-0.25, -0.2) is 4.98 Å². The van der Waals surface area contributed by atoms with Gasteiger partial charge < -0.3 is 28.1 Å². The molecule has 2 aromatic carbocycles. The van der Waals surface area contributed by atoms with Gasteiger partial charge in [0.1, 0.15) is 0 Å². The number of carbonyl (C=O) groups excluding carboxylic acids is 1. The Bertz CT molecular complexity index is 1530. The van der Waals surface area contributed by atoms with Crippen molar-refractivity contribution in [2.24, 2.45) is 0 Å². The van der Waals surface area contributed by atoms with E-state index in [1.807, 2.05) is 10.8 Å². The van der Waals surface area contributed by atoms with Crippen LogP contribution in [0.15, 0.2) is 47.8 Å². The summed E-state index contributed by atoms with van der Waals surface area (Å²) < 4.78 is 25.6. The van der Waals surface area contributed by atoms with E-state index in [4.69, 9.17) is 18.9 Å². The lowest BCUT2D eigenvalue weighted by Gasteiger charge is -2.17. The minimum Gasteiger partial charge on any atom is -0.493 e. The number of aryl methyl sites for hydroxylation is 1. The summed E-state index contributed by atoms with van der Waals surface area (Å²) >= 11 is 0. The molecule has 0 unspecified atom stereocenters. The lowest BCUT2D eigenvalue weighted by atomic mass is 10.0. The van der Waals surface area contributed by atoms with Crippen molar-refractivity contribution in [2.45, 2.75) is 19.5 Å². The topological polar surface area (TPSA) is 93.8 Å². The van der Waals surface area contributed by atoms with Crippen LogP contribution < -0.4 is 24.5 Å². The zero-order valence-corrected chi connectivity index (χ0v) is 21.1. The standard InChI is InChI=1S/C25H21N3O6.2ClH/c1-31-18-8-14-17(11-19(18)32-2)25(30)28(6-3-5-27-7-4-26-12-27)23-15-9-20-21(34-13-33-20)10-16(15)24(29)22(14)23;;/h4,7-12H,3,5-6,13H2,1-2H3;2*1H. The van der Waals surface area contributed by atoms with Gasteiger partial charge in [-0.15, -0.1) is 24.8 Å². The van der Waals surface area contributed by atoms with Gasteiger partial charge in [0.05, 0.1) is 37.2 Å². The van der Waals surface area contributed by atoms with E-state index in [0.29, 0.717) is 75.7 Å². The number of nitrogens with zero attached hydrogens (tertiary/aromatic N) is 3. The summed E-state index contributed by atoms with van der Waals surface area (Å²) in [6.45, 7) is 1.21. The van der Waals surface area contributed by atoms with Crippen LogP contribution >= 0.6 is 24.8 Å². The number of ketones is 1. The molecule has 0 fully saturated rings. The molecule has 0 saturated heterocycles. The monoisotopic (exact) mass is 531 g/mol. The first-order valence-corrected chi connectivity index (χ1v) is 10.9. The fraction of sp³-hybridized carbons (Fsp3) is 0.240. The molecule has 0 amide bonds. The number of carbonyl (C=O) groups is 1. The van der Waals surface area contributed by atoms with Gasteiger partial charge in [-0.3, -0.25) is 9.59 Å². The number of pyridine rings is 1. The maximum absolute atomic E-state index is 13.8. The Balaban J connectivity index is 0.00000152. The molecule has 36 heavy (non-hydrogen) atoms. The van der Waals surface area contributed by atoms with Crippen LogP contribution in [0, 0.1) is 0 Å². The minimum atomic E-state index is -0.196. The second kappa shape index (κ2) is 9.75. The summed E-state index contributed by atoms with van der Waals surface area (Å²) in [7, 11) is 3.04. The van der Waals surface area contributed by atoms with E-state index < -0.39 is 0 Å². The summed E-state index contributed by atoms with van der Waals surface area (Å²) in [5, 5.41) is 0.937. The number of halogens is 2. The van der Waals surface area contributed by atoms with Crippen LogP contribution in [0.1, 0.15) is 22.3 Å². The molecule has 2 aliphatic rings. The smallest absolute Gasteiger partial charge is 0.259 e. The zero-order chi connectivity index (χ0) is 23.4. The SMILES string of the molecule is COc1cc2c3c(n(CCCn4ccnc4)c(=O)c2cc1OC)-c1cc2c(cc1C3=O)OCO2.Cl.Cl. The van der Waals surface area contributed by atoms with Crippen LogP contribution in [0.3, 0.4) is 0 Å². The normalized spacial score (nSPS) is 12.6. The van der Waals surface area contributed by atoms with Crippen molar-refractivity contribution in [3.8, 4) is 34.3 Å². The van der Waals surface area contributed by atoms with E-state index in [2.05, 4.69) is 4.98 Å². The molecule has 1 aliphatic heterocycles. The summed E-state index contributed by atoms with van der Waals surface area (Å²) in [4.78, 5) is 31.5. The fourth-order valence-electron chi connectivity index (χ4n) is 4.79. The van der Waals surface area contributed by atoms with Crippen molar-refractivity contribution in [3.63, 3.8) is 0 Å². The van der Waals surface area contributed by atoms with Gasteiger partial charge in [0.15, 0.2) is 28.8 Å². The molecule has 1 aliphatic carbocycles. The lowest BCUT2D eigenvalue weighted by Crippen LogP contribution is -2.24. The molecule has 9 nitrogen and oxygen atoms in total. The number of aromatic nitrogens is 3. The van der Waals surface area contributed by atoms with Crippen molar-refractivity contribution < 1.29 is 23.7 Å². The van der Waals surface area contributed by atoms with Gasteiger partial charge in [0.2, 0.25) is 6.79 Å². The van der Waals surface area contributed by atoms with Crippen LogP contribution in [-0.2, 0) is 13.1 Å². The van der Waals surface area contributed by atoms with Crippen molar-refractivity contribution in [1.82, 2.24) is 14.1 Å². The van der Waals surface area contributed by atoms with Gasteiger partial charge in [-0.1, -0.05) is 0 Å². The average molecular weight is 532 g/mol. The largest absolute Gasteiger partial charge is 0.493 e. The summed E-state index contributed by atoms with van der Waals surface area (Å²) in [5.41, 5.74) is 2.02. The maximum Gasteiger partial charge on any atom is 0.259 e. The highest BCUT2D eigenvalue weighted by molar-refractivity contribution is 6.27. The summed E-state index contributed by atoms with van der Waals surface area (Å²) in [6, 6.07) is 6.84. The Morgan fingerprint density at radius 2 is 1.58 bits per heavy atom. The van der Waals surface area contributed by atoms with Crippen LogP contribution in [0.25, 0.3) is 22.0 Å².